The third kappa shape index (κ3) is 1.19. The second-order valence-corrected chi connectivity index (χ2v) is 2.03. The summed E-state index contributed by atoms with van der Waals surface area (Å²) in [7, 11) is 0. The summed E-state index contributed by atoms with van der Waals surface area (Å²) in [5.74, 6) is 0.0168. The predicted octanol–water partition coefficient (Wildman–Crippen LogP) is -0.468. The summed E-state index contributed by atoms with van der Waals surface area (Å²) in [4.78, 5) is 16.8. The first-order chi connectivity index (χ1) is 5.15. The van der Waals surface area contributed by atoms with E-state index in [9.17, 15) is 4.79 Å². The van der Waals surface area contributed by atoms with Crippen LogP contribution in [-0.4, -0.2) is 9.97 Å². The van der Waals surface area contributed by atoms with Crippen molar-refractivity contribution >= 4 is 5.82 Å². The van der Waals surface area contributed by atoms with Crippen LogP contribution in [0.25, 0.3) is 0 Å². The normalized spacial score (nSPS) is 9.09. The Labute approximate surface area is 62.5 Å². The number of nitrogens with zero attached hydrogens (tertiary/aromatic N) is 2. The minimum Gasteiger partial charge on any atom is -0.383 e. The van der Waals surface area contributed by atoms with Gasteiger partial charge in [-0.15, -0.1) is 0 Å². The molecule has 0 fully saturated rings. The maximum atomic E-state index is 10.8. The van der Waals surface area contributed by atoms with E-state index in [2.05, 4.69) is 9.97 Å². The summed E-state index contributed by atoms with van der Waals surface area (Å²) in [5, 5.41) is 8.42. The van der Waals surface area contributed by atoms with Crippen LogP contribution in [0, 0.1) is 18.3 Å². The third-order valence-electron chi connectivity index (χ3n) is 1.22. The van der Waals surface area contributed by atoms with E-state index in [1.165, 1.54) is 6.92 Å². The van der Waals surface area contributed by atoms with Crippen molar-refractivity contribution in [1.82, 2.24) is 9.97 Å². The van der Waals surface area contributed by atoms with Crippen molar-refractivity contribution in [3.05, 3.63) is 21.7 Å². The van der Waals surface area contributed by atoms with Crippen molar-refractivity contribution in [3.8, 4) is 6.07 Å². The van der Waals surface area contributed by atoms with Gasteiger partial charge in [0.2, 0.25) is 0 Å². The standard InChI is InChI=1S/C6H6N4O/c1-3-6(11)10-5(8)4(2-7)9-3/h1H3,(H3,8,10,11). The van der Waals surface area contributed by atoms with Gasteiger partial charge < -0.3 is 10.7 Å². The van der Waals surface area contributed by atoms with Gasteiger partial charge in [-0.3, -0.25) is 4.79 Å². The highest BCUT2D eigenvalue weighted by Crippen LogP contribution is 1.98. The lowest BCUT2D eigenvalue weighted by Gasteiger charge is -1.95. The Bertz CT molecular complexity index is 373. The summed E-state index contributed by atoms with van der Waals surface area (Å²) >= 11 is 0. The molecule has 0 atom stereocenters. The third-order valence-corrected chi connectivity index (χ3v) is 1.22. The molecule has 56 valence electrons. The number of aromatic amines is 1. The number of hydrogen-bond acceptors (Lipinski definition) is 4. The van der Waals surface area contributed by atoms with E-state index < -0.39 is 0 Å². The zero-order valence-electron chi connectivity index (χ0n) is 5.88. The molecule has 1 aromatic rings. The molecule has 0 radical (unpaired) electrons. The highest BCUT2D eigenvalue weighted by Gasteiger charge is 2.02. The number of aromatic nitrogens is 2. The Balaban J connectivity index is 3.47. The molecule has 0 aliphatic carbocycles. The van der Waals surface area contributed by atoms with Crippen LogP contribution < -0.4 is 11.3 Å². The number of anilines is 1. The fraction of sp³-hybridized carbons (Fsp3) is 0.167. The molecule has 3 N–H and O–H groups in total. The van der Waals surface area contributed by atoms with Gasteiger partial charge in [0.25, 0.3) is 5.56 Å². The average molecular weight is 150 g/mol. The lowest BCUT2D eigenvalue weighted by Crippen LogP contribution is -2.15. The number of aryl methyl sites for hydroxylation is 1. The van der Waals surface area contributed by atoms with Crippen LogP contribution in [0.4, 0.5) is 5.82 Å². The Morgan fingerprint density at radius 3 is 2.91 bits per heavy atom. The summed E-state index contributed by atoms with van der Waals surface area (Å²) in [6.07, 6.45) is 0. The largest absolute Gasteiger partial charge is 0.383 e. The van der Waals surface area contributed by atoms with Crippen LogP contribution in [0.1, 0.15) is 11.4 Å². The van der Waals surface area contributed by atoms with Gasteiger partial charge in [0, 0.05) is 0 Å². The maximum absolute atomic E-state index is 10.8. The van der Waals surface area contributed by atoms with Crippen molar-refractivity contribution in [2.45, 2.75) is 6.92 Å². The number of nitrogen functional groups attached to an aromatic ring is 1. The molecule has 5 heteroatoms. The first-order valence-corrected chi connectivity index (χ1v) is 2.91. The molecule has 0 spiro atoms. The molecular formula is C6H6N4O. The second kappa shape index (κ2) is 2.42. The highest BCUT2D eigenvalue weighted by molar-refractivity contribution is 5.42. The van der Waals surface area contributed by atoms with Gasteiger partial charge in [-0.05, 0) is 6.92 Å². The number of nitriles is 1. The Hall–Kier alpha value is -1.83. The number of hydrogen-bond donors (Lipinski definition) is 2. The topological polar surface area (TPSA) is 95.6 Å². The fourth-order valence-corrected chi connectivity index (χ4v) is 0.636. The molecule has 0 aromatic carbocycles. The molecule has 0 amide bonds. The fourth-order valence-electron chi connectivity index (χ4n) is 0.636. The minimum absolute atomic E-state index is 0.0168. The lowest BCUT2D eigenvalue weighted by molar-refractivity contribution is 1.05. The molecule has 1 aromatic heterocycles. The van der Waals surface area contributed by atoms with Gasteiger partial charge in [0.05, 0.1) is 0 Å². The van der Waals surface area contributed by atoms with Gasteiger partial charge in [-0.2, -0.15) is 5.26 Å². The first kappa shape index (κ1) is 7.28. The second-order valence-electron chi connectivity index (χ2n) is 2.03. The maximum Gasteiger partial charge on any atom is 0.270 e. The molecule has 11 heavy (non-hydrogen) atoms. The number of nitrogens with one attached hydrogen (secondary N) is 1. The lowest BCUT2D eigenvalue weighted by atomic mass is 10.4. The first-order valence-electron chi connectivity index (χ1n) is 2.91. The van der Waals surface area contributed by atoms with Gasteiger partial charge in [0.15, 0.2) is 5.69 Å². The summed E-state index contributed by atoms with van der Waals surface area (Å²) in [5.41, 5.74) is 5.20. The van der Waals surface area contributed by atoms with Gasteiger partial charge in [0.1, 0.15) is 17.6 Å². The highest BCUT2D eigenvalue weighted by atomic mass is 16.1. The monoisotopic (exact) mass is 150 g/mol. The van der Waals surface area contributed by atoms with E-state index in [0.717, 1.165) is 0 Å². The van der Waals surface area contributed by atoms with E-state index in [-0.39, 0.29) is 22.8 Å². The Morgan fingerprint density at radius 2 is 2.36 bits per heavy atom. The molecule has 1 heterocycles. The van der Waals surface area contributed by atoms with Crippen LogP contribution >= 0.6 is 0 Å². The van der Waals surface area contributed by atoms with Crippen molar-refractivity contribution in [1.29, 1.82) is 5.26 Å². The average Bonchev–Trinajstić information content (AvgIpc) is 1.97. The van der Waals surface area contributed by atoms with Gasteiger partial charge in [-0.1, -0.05) is 0 Å². The summed E-state index contributed by atoms with van der Waals surface area (Å²) in [6, 6.07) is 1.76. The SMILES string of the molecule is Cc1nc(C#N)c(N)[nH]c1=O. The quantitative estimate of drug-likeness (QED) is 0.522. The smallest absolute Gasteiger partial charge is 0.270 e. The number of rotatable bonds is 0. The van der Waals surface area contributed by atoms with Crippen molar-refractivity contribution in [2.75, 3.05) is 5.73 Å². The summed E-state index contributed by atoms with van der Waals surface area (Å²) in [6.45, 7) is 1.51. The molecule has 1 rings (SSSR count). The number of H-pyrrole nitrogens is 1. The van der Waals surface area contributed by atoms with E-state index >= 15 is 0 Å². The Kier molecular flexibility index (Phi) is 1.60. The zero-order valence-corrected chi connectivity index (χ0v) is 5.88. The van der Waals surface area contributed by atoms with E-state index in [4.69, 9.17) is 11.0 Å². The van der Waals surface area contributed by atoms with Crippen LogP contribution in [0.15, 0.2) is 4.79 Å². The molecule has 0 aliphatic rings. The van der Waals surface area contributed by atoms with E-state index in [1.807, 2.05) is 0 Å². The molecule has 0 saturated carbocycles. The van der Waals surface area contributed by atoms with Crippen LogP contribution in [0.2, 0.25) is 0 Å². The van der Waals surface area contributed by atoms with Gasteiger partial charge >= 0.3 is 0 Å². The molecule has 0 saturated heterocycles. The Morgan fingerprint density at radius 1 is 1.73 bits per heavy atom. The van der Waals surface area contributed by atoms with E-state index in [0.29, 0.717) is 0 Å². The minimum atomic E-state index is -0.360. The summed E-state index contributed by atoms with van der Waals surface area (Å²) < 4.78 is 0. The molecule has 0 aliphatic heterocycles. The van der Waals surface area contributed by atoms with Crippen molar-refractivity contribution in [2.24, 2.45) is 0 Å². The molecule has 0 unspecified atom stereocenters. The van der Waals surface area contributed by atoms with Crippen LogP contribution in [-0.2, 0) is 0 Å². The van der Waals surface area contributed by atoms with Gasteiger partial charge in [-0.25, -0.2) is 4.98 Å². The number of nitrogens with two attached hydrogens (primary N) is 1. The zero-order chi connectivity index (χ0) is 8.43. The van der Waals surface area contributed by atoms with Crippen LogP contribution in [0.5, 0.6) is 0 Å². The van der Waals surface area contributed by atoms with E-state index in [1.54, 1.807) is 6.07 Å². The van der Waals surface area contributed by atoms with Crippen molar-refractivity contribution < 1.29 is 0 Å². The predicted molar refractivity (Wildman–Crippen MR) is 38.7 cm³/mol. The molecule has 5 nitrogen and oxygen atoms in total. The van der Waals surface area contributed by atoms with Crippen molar-refractivity contribution in [3.63, 3.8) is 0 Å². The van der Waals surface area contributed by atoms with Crippen LogP contribution in [0.3, 0.4) is 0 Å². The molecular weight excluding hydrogens is 144 g/mol. The molecule has 0 bridgehead atoms.